The van der Waals surface area contributed by atoms with Gasteiger partial charge in [0.25, 0.3) is 0 Å². The maximum atomic E-state index is 12.5. The molecule has 140 valence electrons. The SMILES string of the molecule is CCc1ccccc1NC(=O)CN(c1c(C)cc(C)cc1Cl)S(C)(=O)=O. The molecule has 0 aliphatic rings. The Bertz CT molecular complexity index is 903. The van der Waals surface area contributed by atoms with Gasteiger partial charge in [-0.3, -0.25) is 9.10 Å². The van der Waals surface area contributed by atoms with Gasteiger partial charge in [0, 0.05) is 5.69 Å². The fourth-order valence-electron chi connectivity index (χ4n) is 2.86. The van der Waals surface area contributed by atoms with Crippen LogP contribution in [-0.4, -0.2) is 27.1 Å². The molecule has 26 heavy (non-hydrogen) atoms. The van der Waals surface area contributed by atoms with Gasteiger partial charge in [-0.05, 0) is 49.1 Å². The van der Waals surface area contributed by atoms with Crippen molar-refractivity contribution in [1.29, 1.82) is 0 Å². The van der Waals surface area contributed by atoms with Gasteiger partial charge in [-0.25, -0.2) is 8.42 Å². The first-order valence-electron chi connectivity index (χ1n) is 8.25. The summed E-state index contributed by atoms with van der Waals surface area (Å²) >= 11 is 6.29. The summed E-state index contributed by atoms with van der Waals surface area (Å²) in [5.74, 6) is -0.424. The number of para-hydroxylation sites is 1. The van der Waals surface area contributed by atoms with Crippen LogP contribution in [0.1, 0.15) is 23.6 Å². The molecule has 0 atom stereocenters. The highest BCUT2D eigenvalue weighted by Crippen LogP contribution is 2.32. The van der Waals surface area contributed by atoms with Gasteiger partial charge in [-0.15, -0.1) is 0 Å². The Kier molecular flexibility index (Phi) is 6.31. The standard InChI is InChI=1S/C19H23ClN2O3S/c1-5-15-8-6-7-9-17(15)21-18(23)12-22(26(4,24)25)19-14(3)10-13(2)11-16(19)20/h6-11H,5,12H2,1-4H3,(H,21,23). The molecule has 0 aromatic heterocycles. The van der Waals surface area contributed by atoms with Crippen molar-refractivity contribution < 1.29 is 13.2 Å². The third-order valence-corrected chi connectivity index (χ3v) is 5.41. The van der Waals surface area contributed by atoms with E-state index < -0.39 is 15.9 Å². The third kappa shape index (κ3) is 4.77. The minimum absolute atomic E-state index is 0.301. The van der Waals surface area contributed by atoms with E-state index in [-0.39, 0.29) is 6.54 Å². The minimum atomic E-state index is -3.69. The van der Waals surface area contributed by atoms with Gasteiger partial charge in [0.15, 0.2) is 0 Å². The lowest BCUT2D eigenvalue weighted by Gasteiger charge is -2.25. The molecule has 2 aromatic carbocycles. The van der Waals surface area contributed by atoms with Gasteiger partial charge < -0.3 is 5.32 Å². The lowest BCUT2D eigenvalue weighted by atomic mass is 10.1. The van der Waals surface area contributed by atoms with Crippen molar-refractivity contribution in [2.45, 2.75) is 27.2 Å². The largest absolute Gasteiger partial charge is 0.324 e. The lowest BCUT2D eigenvalue weighted by Crippen LogP contribution is -2.38. The van der Waals surface area contributed by atoms with Gasteiger partial charge in [0.05, 0.1) is 17.0 Å². The monoisotopic (exact) mass is 394 g/mol. The summed E-state index contributed by atoms with van der Waals surface area (Å²) in [6.07, 6.45) is 1.82. The van der Waals surface area contributed by atoms with Gasteiger partial charge >= 0.3 is 0 Å². The van der Waals surface area contributed by atoms with E-state index >= 15 is 0 Å². The Morgan fingerprint density at radius 3 is 2.42 bits per heavy atom. The summed E-state index contributed by atoms with van der Waals surface area (Å²) in [4.78, 5) is 12.5. The predicted octanol–water partition coefficient (Wildman–Crippen LogP) is 3.92. The molecule has 0 aliphatic heterocycles. The smallest absolute Gasteiger partial charge is 0.245 e. The number of benzene rings is 2. The molecule has 0 radical (unpaired) electrons. The van der Waals surface area contributed by atoms with Crippen LogP contribution in [0, 0.1) is 13.8 Å². The van der Waals surface area contributed by atoms with E-state index in [4.69, 9.17) is 11.6 Å². The van der Waals surface area contributed by atoms with Crippen molar-refractivity contribution >= 4 is 38.9 Å². The Balaban J connectivity index is 2.34. The summed E-state index contributed by atoms with van der Waals surface area (Å²) in [5.41, 5.74) is 3.61. The average Bonchev–Trinajstić information content (AvgIpc) is 2.52. The van der Waals surface area contributed by atoms with Crippen molar-refractivity contribution in [2.24, 2.45) is 0 Å². The first-order chi connectivity index (χ1) is 12.1. The van der Waals surface area contributed by atoms with Gasteiger partial charge in [0.2, 0.25) is 15.9 Å². The summed E-state index contributed by atoms with van der Waals surface area (Å²) in [7, 11) is -3.69. The second-order valence-corrected chi connectivity index (χ2v) is 8.55. The number of aryl methyl sites for hydroxylation is 3. The first-order valence-corrected chi connectivity index (χ1v) is 10.5. The number of carbonyl (C=O) groups excluding carboxylic acids is 1. The van der Waals surface area contributed by atoms with E-state index in [1.807, 2.05) is 38.1 Å². The van der Waals surface area contributed by atoms with Crippen molar-refractivity contribution in [3.63, 3.8) is 0 Å². The number of amides is 1. The predicted molar refractivity (Wildman–Crippen MR) is 108 cm³/mol. The molecule has 7 heteroatoms. The van der Waals surface area contributed by atoms with E-state index in [9.17, 15) is 13.2 Å². The van der Waals surface area contributed by atoms with Crippen LogP contribution in [0.4, 0.5) is 11.4 Å². The fraction of sp³-hybridized carbons (Fsp3) is 0.316. The van der Waals surface area contributed by atoms with Crippen LogP contribution in [0.25, 0.3) is 0 Å². The molecule has 0 unspecified atom stereocenters. The summed E-state index contributed by atoms with van der Waals surface area (Å²) in [6.45, 7) is 5.29. The van der Waals surface area contributed by atoms with E-state index in [2.05, 4.69) is 5.32 Å². The van der Waals surface area contributed by atoms with Gasteiger partial charge in [0.1, 0.15) is 6.54 Å². The number of anilines is 2. The van der Waals surface area contributed by atoms with E-state index in [1.165, 1.54) is 0 Å². The molecule has 0 bridgehead atoms. The molecule has 0 heterocycles. The van der Waals surface area contributed by atoms with Crippen LogP contribution in [0.5, 0.6) is 0 Å². The third-order valence-electron chi connectivity index (χ3n) is 4.01. The Morgan fingerprint density at radius 1 is 1.19 bits per heavy atom. The maximum absolute atomic E-state index is 12.5. The molecule has 0 fully saturated rings. The highest BCUT2D eigenvalue weighted by Gasteiger charge is 2.25. The zero-order valence-corrected chi connectivity index (χ0v) is 16.9. The van der Waals surface area contributed by atoms with Crippen molar-refractivity contribution in [3.8, 4) is 0 Å². The van der Waals surface area contributed by atoms with Crippen LogP contribution < -0.4 is 9.62 Å². The summed E-state index contributed by atoms with van der Waals surface area (Å²) in [6, 6.07) is 11.0. The number of hydrogen-bond donors (Lipinski definition) is 1. The number of carbonyl (C=O) groups is 1. The molecule has 0 aliphatic carbocycles. The number of rotatable bonds is 6. The molecule has 2 rings (SSSR count). The zero-order chi connectivity index (χ0) is 19.5. The quantitative estimate of drug-likeness (QED) is 0.807. The fourth-order valence-corrected chi connectivity index (χ4v) is 4.26. The number of hydrogen-bond acceptors (Lipinski definition) is 3. The van der Waals surface area contributed by atoms with Crippen LogP contribution in [-0.2, 0) is 21.2 Å². The van der Waals surface area contributed by atoms with Crippen LogP contribution in [0.2, 0.25) is 5.02 Å². The second-order valence-electron chi connectivity index (χ2n) is 6.24. The van der Waals surface area contributed by atoms with Crippen LogP contribution in [0.3, 0.4) is 0 Å². The summed E-state index contributed by atoms with van der Waals surface area (Å²) < 4.78 is 25.7. The van der Waals surface area contributed by atoms with Crippen molar-refractivity contribution in [1.82, 2.24) is 0 Å². The Morgan fingerprint density at radius 2 is 1.85 bits per heavy atom. The van der Waals surface area contributed by atoms with Crippen molar-refractivity contribution in [3.05, 3.63) is 58.1 Å². The summed E-state index contributed by atoms with van der Waals surface area (Å²) in [5, 5.41) is 3.10. The Hall–Kier alpha value is -2.05. The lowest BCUT2D eigenvalue weighted by molar-refractivity contribution is -0.114. The van der Waals surface area contributed by atoms with E-state index in [0.717, 1.165) is 28.1 Å². The normalized spacial score (nSPS) is 11.3. The highest BCUT2D eigenvalue weighted by atomic mass is 35.5. The molecule has 1 amide bonds. The second kappa shape index (κ2) is 8.10. The van der Waals surface area contributed by atoms with Crippen LogP contribution in [0.15, 0.2) is 36.4 Å². The zero-order valence-electron chi connectivity index (χ0n) is 15.3. The maximum Gasteiger partial charge on any atom is 0.245 e. The minimum Gasteiger partial charge on any atom is -0.324 e. The van der Waals surface area contributed by atoms with Crippen LogP contribution >= 0.6 is 11.6 Å². The molecular formula is C19H23ClN2O3S. The van der Waals surface area contributed by atoms with Gasteiger partial charge in [-0.2, -0.15) is 0 Å². The topological polar surface area (TPSA) is 66.5 Å². The average molecular weight is 395 g/mol. The molecule has 1 N–H and O–H groups in total. The highest BCUT2D eigenvalue weighted by molar-refractivity contribution is 7.92. The molecular weight excluding hydrogens is 372 g/mol. The molecule has 0 saturated carbocycles. The molecule has 5 nitrogen and oxygen atoms in total. The molecule has 2 aromatic rings. The van der Waals surface area contributed by atoms with E-state index in [0.29, 0.717) is 22.0 Å². The number of nitrogens with zero attached hydrogens (tertiary/aromatic N) is 1. The number of sulfonamides is 1. The van der Waals surface area contributed by atoms with Gasteiger partial charge in [-0.1, -0.05) is 42.8 Å². The number of nitrogens with one attached hydrogen (secondary N) is 1. The van der Waals surface area contributed by atoms with E-state index in [1.54, 1.807) is 19.1 Å². The first kappa shape index (κ1) is 20.3. The molecule has 0 saturated heterocycles. The molecule has 0 spiro atoms. The Labute approximate surface area is 160 Å². The van der Waals surface area contributed by atoms with Crippen molar-refractivity contribution in [2.75, 3.05) is 22.4 Å². The number of halogens is 1.